The number of benzene rings is 1. The van der Waals surface area contributed by atoms with Crippen LogP contribution in [0.3, 0.4) is 0 Å². The molecule has 100 valence electrons. The Hall–Kier alpha value is -1.47. The second-order valence-corrected chi connectivity index (χ2v) is 5.14. The summed E-state index contributed by atoms with van der Waals surface area (Å²) in [6, 6.07) is 3.86. The summed E-state index contributed by atoms with van der Waals surface area (Å²) in [5.74, 6) is -0.775. The van der Waals surface area contributed by atoms with E-state index < -0.39 is 22.5 Å². The zero-order valence-corrected chi connectivity index (χ0v) is 10.8. The number of rotatable bonds is 6. The number of ether oxygens (including phenoxy) is 1. The zero-order valence-electron chi connectivity index (χ0n) is 9.94. The van der Waals surface area contributed by atoms with Crippen molar-refractivity contribution in [3.63, 3.8) is 0 Å². The topological polar surface area (TPSA) is 81.4 Å². The van der Waals surface area contributed by atoms with E-state index in [0.29, 0.717) is 18.0 Å². The number of hydrogen-bond donors (Lipinski definition) is 2. The van der Waals surface area contributed by atoms with Crippen molar-refractivity contribution in [1.82, 2.24) is 0 Å². The van der Waals surface area contributed by atoms with Gasteiger partial charge in [0.05, 0.1) is 12.3 Å². The van der Waals surface area contributed by atoms with E-state index in [2.05, 4.69) is 5.32 Å². The summed E-state index contributed by atoms with van der Waals surface area (Å²) in [6.07, 6.45) is 0. The highest BCUT2D eigenvalue weighted by atomic mass is 32.2. The number of carbonyl (C=O) groups is 1. The largest absolute Gasteiger partial charge is 0.396 e. The molecule has 1 amide bonds. The Kier molecular flexibility index (Phi) is 5.73. The van der Waals surface area contributed by atoms with Gasteiger partial charge in [-0.2, -0.15) is 0 Å². The van der Waals surface area contributed by atoms with Crippen LogP contribution in [-0.4, -0.2) is 35.3 Å². The van der Waals surface area contributed by atoms with Gasteiger partial charge in [0.25, 0.3) is 0 Å². The molecular weight excluding hydrogens is 259 g/mol. The standard InChI is InChI=1S/C11H15FN2O3S/c1-17-4-5-18(16)7-11(15)14-8-2-3-9(12)10(13)6-8/h2-3,6H,4-5,7,13H2,1H3,(H,14,15). The minimum atomic E-state index is -1.28. The van der Waals surface area contributed by atoms with Gasteiger partial charge in [0.1, 0.15) is 11.6 Å². The first kappa shape index (κ1) is 14.6. The van der Waals surface area contributed by atoms with Crippen molar-refractivity contribution in [1.29, 1.82) is 0 Å². The molecule has 5 nitrogen and oxygen atoms in total. The van der Waals surface area contributed by atoms with Crippen molar-refractivity contribution >= 4 is 28.1 Å². The summed E-state index contributed by atoms with van der Waals surface area (Å²) in [5.41, 5.74) is 5.69. The molecule has 0 fully saturated rings. The smallest absolute Gasteiger partial charge is 0.236 e. The zero-order chi connectivity index (χ0) is 13.5. The van der Waals surface area contributed by atoms with Crippen molar-refractivity contribution in [3.05, 3.63) is 24.0 Å². The molecule has 1 aromatic carbocycles. The molecule has 0 radical (unpaired) electrons. The number of amides is 1. The Labute approximate surface area is 107 Å². The average molecular weight is 274 g/mol. The number of anilines is 2. The number of nitrogens with two attached hydrogens (primary N) is 1. The molecule has 18 heavy (non-hydrogen) atoms. The van der Waals surface area contributed by atoms with Gasteiger partial charge in [-0.3, -0.25) is 9.00 Å². The molecule has 0 aliphatic rings. The summed E-state index contributed by atoms with van der Waals surface area (Å²) in [5, 5.41) is 2.50. The van der Waals surface area contributed by atoms with Crippen molar-refractivity contribution in [2.24, 2.45) is 0 Å². The van der Waals surface area contributed by atoms with Crippen LogP contribution >= 0.6 is 0 Å². The van der Waals surface area contributed by atoms with Gasteiger partial charge in [0.2, 0.25) is 5.91 Å². The fourth-order valence-electron chi connectivity index (χ4n) is 1.21. The maximum absolute atomic E-state index is 12.9. The molecule has 0 heterocycles. The van der Waals surface area contributed by atoms with Crippen LogP contribution in [0.4, 0.5) is 15.8 Å². The predicted molar refractivity (Wildman–Crippen MR) is 69.2 cm³/mol. The lowest BCUT2D eigenvalue weighted by molar-refractivity contribution is -0.113. The maximum atomic E-state index is 12.9. The molecular formula is C11H15FN2O3S. The number of halogens is 1. The fourth-order valence-corrected chi connectivity index (χ4v) is 2.07. The summed E-state index contributed by atoms with van der Waals surface area (Å²) in [7, 11) is 0.223. The second kappa shape index (κ2) is 7.07. The Balaban J connectivity index is 2.49. The summed E-state index contributed by atoms with van der Waals surface area (Å²) in [4.78, 5) is 11.5. The molecule has 1 aromatic rings. The Morgan fingerprint density at radius 2 is 2.28 bits per heavy atom. The van der Waals surface area contributed by atoms with Crippen LogP contribution in [0.15, 0.2) is 18.2 Å². The molecule has 0 saturated carbocycles. The lowest BCUT2D eigenvalue weighted by Gasteiger charge is -2.06. The first-order valence-corrected chi connectivity index (χ1v) is 6.70. The summed E-state index contributed by atoms with van der Waals surface area (Å²) in [6.45, 7) is 0.337. The third-order valence-corrected chi connectivity index (χ3v) is 3.29. The number of methoxy groups -OCH3 is 1. The molecule has 0 saturated heterocycles. The summed E-state index contributed by atoms with van der Waals surface area (Å²) >= 11 is 0. The third kappa shape index (κ3) is 4.80. The van der Waals surface area contributed by atoms with Gasteiger partial charge in [0, 0.05) is 29.3 Å². The van der Waals surface area contributed by atoms with Crippen molar-refractivity contribution in [2.45, 2.75) is 0 Å². The van der Waals surface area contributed by atoms with E-state index in [0.717, 1.165) is 6.07 Å². The fraction of sp³-hybridized carbons (Fsp3) is 0.364. The van der Waals surface area contributed by atoms with Crippen LogP contribution in [0.1, 0.15) is 0 Å². The number of nitrogens with one attached hydrogen (secondary N) is 1. The van der Waals surface area contributed by atoms with E-state index >= 15 is 0 Å². The van der Waals surface area contributed by atoms with Gasteiger partial charge >= 0.3 is 0 Å². The van der Waals surface area contributed by atoms with Crippen LogP contribution in [0.2, 0.25) is 0 Å². The van der Waals surface area contributed by atoms with E-state index in [1.165, 1.54) is 19.2 Å². The number of carbonyl (C=O) groups excluding carboxylic acids is 1. The molecule has 3 N–H and O–H groups in total. The van der Waals surface area contributed by atoms with Crippen LogP contribution in [0.25, 0.3) is 0 Å². The minimum absolute atomic E-state index is 0.0479. The van der Waals surface area contributed by atoms with Crippen LogP contribution in [-0.2, 0) is 20.3 Å². The van der Waals surface area contributed by atoms with E-state index in [9.17, 15) is 13.4 Å². The monoisotopic (exact) mass is 274 g/mol. The van der Waals surface area contributed by atoms with Crippen molar-refractivity contribution < 1.29 is 18.1 Å². The highest BCUT2D eigenvalue weighted by Gasteiger charge is 2.09. The van der Waals surface area contributed by atoms with E-state index in [-0.39, 0.29) is 11.4 Å². The molecule has 0 spiro atoms. The molecule has 7 heteroatoms. The molecule has 0 aromatic heterocycles. The lowest BCUT2D eigenvalue weighted by Crippen LogP contribution is -2.22. The van der Waals surface area contributed by atoms with Crippen LogP contribution in [0.5, 0.6) is 0 Å². The number of hydrogen-bond acceptors (Lipinski definition) is 4. The number of nitrogen functional groups attached to an aromatic ring is 1. The van der Waals surface area contributed by atoms with Crippen molar-refractivity contribution in [2.75, 3.05) is 36.3 Å². The maximum Gasteiger partial charge on any atom is 0.236 e. The Morgan fingerprint density at radius 1 is 1.56 bits per heavy atom. The quantitative estimate of drug-likeness (QED) is 0.750. The SMILES string of the molecule is COCCS(=O)CC(=O)Nc1ccc(F)c(N)c1. The predicted octanol–water partition coefficient (Wildman–Crippen LogP) is 0.741. The average Bonchev–Trinajstić information content (AvgIpc) is 2.31. The lowest BCUT2D eigenvalue weighted by atomic mass is 10.2. The van der Waals surface area contributed by atoms with Gasteiger partial charge in [-0.05, 0) is 18.2 Å². The van der Waals surface area contributed by atoms with E-state index in [4.69, 9.17) is 10.5 Å². The van der Waals surface area contributed by atoms with Crippen molar-refractivity contribution in [3.8, 4) is 0 Å². The highest BCUT2D eigenvalue weighted by Crippen LogP contribution is 2.16. The van der Waals surface area contributed by atoms with E-state index in [1.807, 2.05) is 0 Å². The molecule has 1 rings (SSSR count). The van der Waals surface area contributed by atoms with E-state index in [1.54, 1.807) is 0 Å². The Morgan fingerprint density at radius 3 is 2.89 bits per heavy atom. The molecule has 0 aliphatic heterocycles. The van der Waals surface area contributed by atoms with Gasteiger partial charge in [0.15, 0.2) is 0 Å². The Bertz CT molecular complexity index is 454. The first-order chi connectivity index (χ1) is 8.52. The normalized spacial score (nSPS) is 12.1. The molecule has 1 unspecified atom stereocenters. The molecule has 0 bridgehead atoms. The second-order valence-electron chi connectivity index (χ2n) is 3.57. The first-order valence-electron chi connectivity index (χ1n) is 5.21. The molecule has 0 aliphatic carbocycles. The van der Waals surface area contributed by atoms with Gasteiger partial charge < -0.3 is 15.8 Å². The van der Waals surface area contributed by atoms with Gasteiger partial charge in [-0.25, -0.2) is 4.39 Å². The van der Waals surface area contributed by atoms with Crippen LogP contribution < -0.4 is 11.1 Å². The minimum Gasteiger partial charge on any atom is -0.396 e. The highest BCUT2D eigenvalue weighted by molar-refractivity contribution is 7.85. The third-order valence-electron chi connectivity index (χ3n) is 2.09. The van der Waals surface area contributed by atoms with Gasteiger partial charge in [-0.1, -0.05) is 0 Å². The summed E-state index contributed by atoms with van der Waals surface area (Å²) < 4.78 is 29.1. The van der Waals surface area contributed by atoms with Gasteiger partial charge in [-0.15, -0.1) is 0 Å². The van der Waals surface area contributed by atoms with Crippen LogP contribution in [0, 0.1) is 5.82 Å². The molecule has 1 atom stereocenters.